The molecular formula is C13H24IN3O. The van der Waals surface area contributed by atoms with Crippen LogP contribution in [0.15, 0.2) is 4.99 Å². The molecule has 0 aromatic rings. The molecule has 0 amide bonds. The Bertz CT molecular complexity index is 328. The van der Waals surface area contributed by atoms with E-state index in [1.165, 1.54) is 32.1 Å². The topological polar surface area (TPSA) is 50.8 Å². The van der Waals surface area contributed by atoms with Crippen LogP contribution in [0.25, 0.3) is 0 Å². The van der Waals surface area contributed by atoms with Crippen molar-refractivity contribution in [2.24, 2.45) is 16.1 Å². The lowest BCUT2D eigenvalue weighted by Crippen LogP contribution is -2.48. The molecule has 2 saturated carbocycles. The molecule has 1 heterocycles. The van der Waals surface area contributed by atoms with Crippen molar-refractivity contribution in [3.63, 3.8) is 0 Å². The number of aliphatic imine (C=N–C) groups is 1. The Balaban J connectivity index is 0.00000120. The van der Waals surface area contributed by atoms with Crippen molar-refractivity contribution in [3.8, 4) is 0 Å². The van der Waals surface area contributed by atoms with Crippen molar-refractivity contribution in [2.75, 3.05) is 19.7 Å². The molecule has 2 aliphatic carbocycles. The summed E-state index contributed by atoms with van der Waals surface area (Å²) in [7, 11) is 0. The van der Waals surface area contributed by atoms with Crippen molar-refractivity contribution in [3.05, 3.63) is 0 Å². The minimum absolute atomic E-state index is 0. The van der Waals surface area contributed by atoms with Gasteiger partial charge in [0, 0.05) is 13.1 Å². The van der Waals surface area contributed by atoms with Gasteiger partial charge in [-0.2, -0.15) is 0 Å². The monoisotopic (exact) mass is 365 g/mol. The highest BCUT2D eigenvalue weighted by atomic mass is 127. The van der Waals surface area contributed by atoms with E-state index >= 15 is 0 Å². The van der Waals surface area contributed by atoms with Gasteiger partial charge in [-0.1, -0.05) is 12.8 Å². The van der Waals surface area contributed by atoms with Gasteiger partial charge in [0.1, 0.15) is 0 Å². The highest BCUT2D eigenvalue weighted by Gasteiger charge is 2.55. The predicted octanol–water partition coefficient (Wildman–Crippen LogP) is 1.97. The van der Waals surface area contributed by atoms with E-state index in [0.717, 1.165) is 25.7 Å². The molecule has 0 aromatic carbocycles. The standard InChI is InChI=1S/C13H23N3O.HI/c1-10-9-16(6-7-17-10)12(14)15-11-8-13(11)4-2-3-5-13;/h10-11H,2-9H2,1H3,(H2,14,15);1H. The van der Waals surface area contributed by atoms with Crippen molar-refractivity contribution >= 4 is 29.9 Å². The zero-order valence-electron chi connectivity index (χ0n) is 11.1. The second-order valence-electron chi connectivity index (χ2n) is 5.90. The highest BCUT2D eigenvalue weighted by molar-refractivity contribution is 14.0. The third kappa shape index (κ3) is 2.76. The summed E-state index contributed by atoms with van der Waals surface area (Å²) < 4.78 is 5.52. The van der Waals surface area contributed by atoms with Crippen LogP contribution in [0.1, 0.15) is 39.0 Å². The molecule has 2 unspecified atom stereocenters. The second-order valence-corrected chi connectivity index (χ2v) is 5.90. The van der Waals surface area contributed by atoms with Crippen molar-refractivity contribution in [2.45, 2.75) is 51.2 Å². The Morgan fingerprint density at radius 1 is 1.39 bits per heavy atom. The molecule has 1 saturated heterocycles. The molecule has 1 aliphatic heterocycles. The maximum absolute atomic E-state index is 6.12. The van der Waals surface area contributed by atoms with E-state index in [-0.39, 0.29) is 30.1 Å². The van der Waals surface area contributed by atoms with Gasteiger partial charge in [-0.3, -0.25) is 0 Å². The summed E-state index contributed by atoms with van der Waals surface area (Å²) in [5.74, 6) is 0.744. The van der Waals surface area contributed by atoms with Crippen molar-refractivity contribution in [1.29, 1.82) is 0 Å². The van der Waals surface area contributed by atoms with E-state index in [1.54, 1.807) is 0 Å². The Morgan fingerprint density at radius 3 is 2.78 bits per heavy atom. The van der Waals surface area contributed by atoms with Gasteiger partial charge >= 0.3 is 0 Å². The Morgan fingerprint density at radius 2 is 2.11 bits per heavy atom. The molecule has 0 radical (unpaired) electrons. The van der Waals surface area contributed by atoms with Crippen LogP contribution in [-0.4, -0.2) is 42.7 Å². The summed E-state index contributed by atoms with van der Waals surface area (Å²) in [6, 6.07) is 0.517. The number of rotatable bonds is 1. The molecule has 3 fully saturated rings. The smallest absolute Gasteiger partial charge is 0.191 e. The van der Waals surface area contributed by atoms with Gasteiger partial charge in [-0.05, 0) is 31.6 Å². The van der Waals surface area contributed by atoms with Crippen LogP contribution >= 0.6 is 24.0 Å². The molecule has 0 aromatic heterocycles. The molecule has 3 aliphatic rings. The number of hydrogen-bond donors (Lipinski definition) is 1. The molecule has 2 N–H and O–H groups in total. The average molecular weight is 365 g/mol. The van der Waals surface area contributed by atoms with Crippen LogP contribution in [-0.2, 0) is 4.74 Å². The zero-order valence-corrected chi connectivity index (χ0v) is 13.4. The Hall–Kier alpha value is -0.0400. The van der Waals surface area contributed by atoms with Crippen molar-refractivity contribution in [1.82, 2.24) is 4.90 Å². The molecule has 104 valence electrons. The van der Waals surface area contributed by atoms with Crippen LogP contribution in [0.3, 0.4) is 0 Å². The number of ether oxygens (including phenoxy) is 1. The first-order valence-corrected chi connectivity index (χ1v) is 6.89. The molecule has 3 rings (SSSR count). The number of guanidine groups is 1. The SMILES string of the molecule is CC1CN(C(N)=NC2CC23CCCC3)CCO1.I. The van der Waals surface area contributed by atoms with E-state index in [9.17, 15) is 0 Å². The predicted molar refractivity (Wildman–Crippen MR) is 83.3 cm³/mol. The number of halogens is 1. The van der Waals surface area contributed by atoms with E-state index in [4.69, 9.17) is 15.5 Å². The van der Waals surface area contributed by atoms with Crippen LogP contribution in [0.2, 0.25) is 0 Å². The molecular weight excluding hydrogens is 341 g/mol. The molecule has 1 spiro atoms. The lowest BCUT2D eigenvalue weighted by atomic mass is 10.1. The first kappa shape index (κ1) is 14.4. The summed E-state index contributed by atoms with van der Waals surface area (Å²) in [4.78, 5) is 6.92. The molecule has 18 heavy (non-hydrogen) atoms. The summed E-state index contributed by atoms with van der Waals surface area (Å²) in [5, 5.41) is 0. The van der Waals surface area contributed by atoms with Gasteiger partial charge in [0.25, 0.3) is 0 Å². The minimum Gasteiger partial charge on any atom is -0.375 e. The summed E-state index contributed by atoms with van der Waals surface area (Å²) in [6.07, 6.45) is 7.06. The number of nitrogens with two attached hydrogens (primary N) is 1. The van der Waals surface area contributed by atoms with E-state index in [0.29, 0.717) is 11.5 Å². The lowest BCUT2D eigenvalue weighted by Gasteiger charge is -2.32. The summed E-state index contributed by atoms with van der Waals surface area (Å²) in [6.45, 7) is 4.64. The van der Waals surface area contributed by atoms with Gasteiger partial charge < -0.3 is 15.4 Å². The quantitative estimate of drug-likeness (QED) is 0.439. The van der Waals surface area contributed by atoms with Gasteiger partial charge in [-0.25, -0.2) is 4.99 Å². The first-order chi connectivity index (χ1) is 8.20. The van der Waals surface area contributed by atoms with Gasteiger partial charge in [0.2, 0.25) is 0 Å². The summed E-state index contributed by atoms with van der Waals surface area (Å²) in [5.41, 5.74) is 6.68. The van der Waals surface area contributed by atoms with E-state index in [1.807, 2.05) is 0 Å². The fourth-order valence-electron chi connectivity index (χ4n) is 3.39. The minimum atomic E-state index is 0. The first-order valence-electron chi connectivity index (χ1n) is 6.89. The fourth-order valence-corrected chi connectivity index (χ4v) is 3.39. The number of nitrogens with zero attached hydrogens (tertiary/aromatic N) is 2. The van der Waals surface area contributed by atoms with Crippen LogP contribution < -0.4 is 5.73 Å². The molecule has 0 bridgehead atoms. The van der Waals surface area contributed by atoms with E-state index in [2.05, 4.69) is 11.8 Å². The highest BCUT2D eigenvalue weighted by Crippen LogP contribution is 2.59. The van der Waals surface area contributed by atoms with E-state index < -0.39 is 0 Å². The molecule has 4 nitrogen and oxygen atoms in total. The Labute approximate surface area is 126 Å². The maximum Gasteiger partial charge on any atom is 0.191 e. The average Bonchev–Trinajstić information content (AvgIpc) is 2.74. The number of hydrogen-bond acceptors (Lipinski definition) is 2. The summed E-state index contributed by atoms with van der Waals surface area (Å²) >= 11 is 0. The largest absolute Gasteiger partial charge is 0.375 e. The van der Waals surface area contributed by atoms with Crippen molar-refractivity contribution < 1.29 is 4.74 Å². The normalized spacial score (nSPS) is 34.5. The molecule has 5 heteroatoms. The third-order valence-electron chi connectivity index (χ3n) is 4.60. The zero-order chi connectivity index (χ0) is 11.9. The second kappa shape index (κ2) is 5.53. The maximum atomic E-state index is 6.12. The van der Waals surface area contributed by atoms with Crippen LogP contribution in [0.5, 0.6) is 0 Å². The molecule has 2 atom stereocenters. The van der Waals surface area contributed by atoms with Crippen LogP contribution in [0, 0.1) is 5.41 Å². The van der Waals surface area contributed by atoms with Gasteiger partial charge in [-0.15, -0.1) is 24.0 Å². The van der Waals surface area contributed by atoms with Crippen LogP contribution in [0.4, 0.5) is 0 Å². The van der Waals surface area contributed by atoms with Gasteiger partial charge in [0.05, 0.1) is 18.8 Å². The Kier molecular flexibility index (Phi) is 4.41. The van der Waals surface area contributed by atoms with Gasteiger partial charge in [0.15, 0.2) is 5.96 Å². The number of morpholine rings is 1. The lowest BCUT2D eigenvalue weighted by molar-refractivity contribution is 0.00526. The third-order valence-corrected chi connectivity index (χ3v) is 4.60. The fraction of sp³-hybridized carbons (Fsp3) is 0.923.